The molecular weight excluding hydrogens is 336 g/mol. The number of hydrogen-bond donors (Lipinski definition) is 2. The highest BCUT2D eigenvalue weighted by Crippen LogP contribution is 2.20. The molecule has 0 aliphatic carbocycles. The van der Waals surface area contributed by atoms with Gasteiger partial charge in [-0.05, 0) is 39.8 Å². The fourth-order valence-electron chi connectivity index (χ4n) is 2.78. The van der Waals surface area contributed by atoms with Gasteiger partial charge in [-0.3, -0.25) is 4.79 Å². The van der Waals surface area contributed by atoms with Crippen molar-refractivity contribution in [3.63, 3.8) is 0 Å². The minimum Gasteiger partial charge on any atom is -0.478 e. The van der Waals surface area contributed by atoms with Gasteiger partial charge in [0.2, 0.25) is 0 Å². The molecule has 136 valence electrons. The normalized spacial score (nSPS) is 11.3. The summed E-state index contributed by atoms with van der Waals surface area (Å²) in [5.41, 5.74) is 1.87. The summed E-state index contributed by atoms with van der Waals surface area (Å²) in [5, 5.41) is 16.9. The van der Waals surface area contributed by atoms with Gasteiger partial charge in [-0.2, -0.15) is 5.10 Å². The molecule has 3 aromatic rings. The average molecular weight is 356 g/mol. The van der Waals surface area contributed by atoms with E-state index in [1.807, 2.05) is 18.5 Å². The van der Waals surface area contributed by atoms with Crippen LogP contribution in [0, 0.1) is 13.8 Å². The van der Waals surface area contributed by atoms with Gasteiger partial charge < -0.3 is 14.8 Å². The molecule has 1 amide bonds. The lowest BCUT2D eigenvalue weighted by Crippen LogP contribution is -2.23. The maximum atomic E-state index is 12.5. The SMILES string of the molecule is Cc1nc2c(cnn2C(C)C)cc1C(=O)NCc1cc(C(=O)O)c(C)o1. The molecular formula is C18H20N4O4. The van der Waals surface area contributed by atoms with Crippen molar-refractivity contribution in [2.24, 2.45) is 0 Å². The van der Waals surface area contributed by atoms with E-state index in [1.54, 1.807) is 26.1 Å². The van der Waals surface area contributed by atoms with Crippen molar-refractivity contribution in [1.29, 1.82) is 0 Å². The number of aromatic carboxylic acids is 1. The molecule has 0 atom stereocenters. The maximum absolute atomic E-state index is 12.5. The number of aryl methyl sites for hydroxylation is 2. The second-order valence-electron chi connectivity index (χ2n) is 6.39. The number of furan rings is 1. The van der Waals surface area contributed by atoms with E-state index < -0.39 is 5.97 Å². The Morgan fingerprint density at radius 3 is 2.62 bits per heavy atom. The molecule has 0 fully saturated rings. The molecule has 0 bridgehead atoms. The molecule has 0 aliphatic rings. The Bertz CT molecular complexity index is 1000. The van der Waals surface area contributed by atoms with E-state index in [1.165, 1.54) is 6.07 Å². The number of amides is 1. The zero-order valence-electron chi connectivity index (χ0n) is 15.0. The number of fused-ring (bicyclic) bond motifs is 1. The van der Waals surface area contributed by atoms with Gasteiger partial charge >= 0.3 is 5.97 Å². The van der Waals surface area contributed by atoms with E-state index in [2.05, 4.69) is 15.4 Å². The third kappa shape index (κ3) is 3.17. The highest BCUT2D eigenvalue weighted by molar-refractivity contribution is 5.98. The molecule has 26 heavy (non-hydrogen) atoms. The van der Waals surface area contributed by atoms with E-state index in [-0.39, 0.29) is 24.1 Å². The van der Waals surface area contributed by atoms with Gasteiger partial charge in [0.25, 0.3) is 5.91 Å². The fourth-order valence-corrected chi connectivity index (χ4v) is 2.78. The predicted molar refractivity (Wildman–Crippen MR) is 94.2 cm³/mol. The van der Waals surface area contributed by atoms with Crippen LogP contribution in [0.1, 0.15) is 57.8 Å². The Labute approximate surface area is 149 Å². The summed E-state index contributed by atoms with van der Waals surface area (Å²) < 4.78 is 7.18. The van der Waals surface area contributed by atoms with Crippen LogP contribution in [0.15, 0.2) is 22.7 Å². The first-order valence-corrected chi connectivity index (χ1v) is 8.23. The summed E-state index contributed by atoms with van der Waals surface area (Å²) >= 11 is 0. The lowest BCUT2D eigenvalue weighted by atomic mass is 10.1. The second kappa shape index (κ2) is 6.62. The number of carboxylic acids is 1. The molecule has 8 heteroatoms. The van der Waals surface area contributed by atoms with Crippen LogP contribution in [-0.4, -0.2) is 31.7 Å². The lowest BCUT2D eigenvalue weighted by Gasteiger charge is -2.09. The van der Waals surface area contributed by atoms with Crippen molar-refractivity contribution in [2.45, 2.75) is 40.3 Å². The van der Waals surface area contributed by atoms with E-state index in [0.29, 0.717) is 22.8 Å². The molecule has 3 rings (SSSR count). The second-order valence-corrected chi connectivity index (χ2v) is 6.39. The van der Waals surface area contributed by atoms with Crippen LogP contribution in [0.2, 0.25) is 0 Å². The smallest absolute Gasteiger partial charge is 0.339 e. The largest absolute Gasteiger partial charge is 0.478 e. The first-order valence-electron chi connectivity index (χ1n) is 8.23. The number of rotatable bonds is 5. The van der Waals surface area contributed by atoms with Crippen LogP contribution in [0.4, 0.5) is 0 Å². The van der Waals surface area contributed by atoms with Crippen molar-refractivity contribution in [1.82, 2.24) is 20.1 Å². The Balaban J connectivity index is 1.80. The van der Waals surface area contributed by atoms with Crippen LogP contribution in [0.5, 0.6) is 0 Å². The highest BCUT2D eigenvalue weighted by atomic mass is 16.4. The number of carbonyl (C=O) groups is 2. The Morgan fingerprint density at radius 1 is 1.27 bits per heavy atom. The minimum atomic E-state index is -1.06. The molecule has 0 aromatic carbocycles. The number of nitrogens with one attached hydrogen (secondary N) is 1. The molecule has 0 saturated carbocycles. The van der Waals surface area contributed by atoms with Gasteiger partial charge in [-0.25, -0.2) is 14.5 Å². The molecule has 0 unspecified atom stereocenters. The Morgan fingerprint density at radius 2 is 2.00 bits per heavy atom. The zero-order chi connectivity index (χ0) is 19.0. The van der Waals surface area contributed by atoms with Gasteiger partial charge in [-0.1, -0.05) is 0 Å². The molecule has 0 aliphatic heterocycles. The van der Waals surface area contributed by atoms with Crippen LogP contribution < -0.4 is 5.32 Å². The number of carboxylic acid groups (broad SMARTS) is 1. The van der Waals surface area contributed by atoms with Gasteiger partial charge in [0, 0.05) is 11.4 Å². The first-order chi connectivity index (χ1) is 12.3. The summed E-state index contributed by atoms with van der Waals surface area (Å²) in [6, 6.07) is 3.35. The van der Waals surface area contributed by atoms with Crippen molar-refractivity contribution in [3.8, 4) is 0 Å². The Kier molecular flexibility index (Phi) is 4.50. The molecule has 3 heterocycles. The molecule has 2 N–H and O–H groups in total. The molecule has 0 radical (unpaired) electrons. The summed E-state index contributed by atoms with van der Waals surface area (Å²) in [5.74, 6) is -0.675. The van der Waals surface area contributed by atoms with E-state index in [0.717, 1.165) is 11.0 Å². The van der Waals surface area contributed by atoms with Gasteiger partial charge in [0.05, 0.1) is 24.0 Å². The average Bonchev–Trinajstić information content (AvgIpc) is 3.14. The number of hydrogen-bond acceptors (Lipinski definition) is 5. The number of pyridine rings is 1. The van der Waals surface area contributed by atoms with Crippen molar-refractivity contribution in [3.05, 3.63) is 46.7 Å². The van der Waals surface area contributed by atoms with Crippen LogP contribution in [-0.2, 0) is 6.54 Å². The van der Waals surface area contributed by atoms with E-state index in [9.17, 15) is 9.59 Å². The van der Waals surface area contributed by atoms with Crippen molar-refractivity contribution in [2.75, 3.05) is 0 Å². The summed E-state index contributed by atoms with van der Waals surface area (Å²) in [4.78, 5) is 28.1. The van der Waals surface area contributed by atoms with Gasteiger partial charge in [-0.15, -0.1) is 0 Å². The third-order valence-corrected chi connectivity index (χ3v) is 4.12. The maximum Gasteiger partial charge on any atom is 0.339 e. The number of aromatic nitrogens is 3. The number of carbonyl (C=O) groups excluding carboxylic acids is 1. The standard InChI is InChI=1S/C18H20N4O4/c1-9(2)22-16-12(7-20-22)5-14(10(3)21-16)17(23)19-8-13-6-15(18(24)25)11(4)26-13/h5-7,9H,8H2,1-4H3,(H,19,23)(H,24,25). The molecule has 0 saturated heterocycles. The van der Waals surface area contributed by atoms with Gasteiger partial charge in [0.1, 0.15) is 17.1 Å². The molecule has 0 spiro atoms. The monoisotopic (exact) mass is 356 g/mol. The number of nitrogens with zero attached hydrogens (tertiary/aromatic N) is 3. The van der Waals surface area contributed by atoms with E-state index >= 15 is 0 Å². The highest BCUT2D eigenvalue weighted by Gasteiger charge is 2.17. The Hall–Kier alpha value is -3.16. The summed E-state index contributed by atoms with van der Waals surface area (Å²) in [6.45, 7) is 7.46. The zero-order valence-corrected chi connectivity index (χ0v) is 15.0. The molecule has 8 nitrogen and oxygen atoms in total. The van der Waals surface area contributed by atoms with Gasteiger partial charge in [0.15, 0.2) is 5.65 Å². The van der Waals surface area contributed by atoms with Crippen LogP contribution in [0.3, 0.4) is 0 Å². The van der Waals surface area contributed by atoms with Crippen LogP contribution in [0.25, 0.3) is 11.0 Å². The molecule has 3 aromatic heterocycles. The summed E-state index contributed by atoms with van der Waals surface area (Å²) in [6.07, 6.45) is 1.69. The third-order valence-electron chi connectivity index (χ3n) is 4.12. The fraction of sp³-hybridized carbons (Fsp3) is 0.333. The first kappa shape index (κ1) is 17.7. The summed E-state index contributed by atoms with van der Waals surface area (Å²) in [7, 11) is 0. The van der Waals surface area contributed by atoms with Crippen molar-refractivity contribution < 1.29 is 19.1 Å². The van der Waals surface area contributed by atoms with Crippen molar-refractivity contribution >= 4 is 22.9 Å². The lowest BCUT2D eigenvalue weighted by molar-refractivity contribution is 0.0694. The topological polar surface area (TPSA) is 110 Å². The van der Waals surface area contributed by atoms with E-state index in [4.69, 9.17) is 9.52 Å². The van der Waals surface area contributed by atoms with Crippen LogP contribution >= 0.6 is 0 Å². The predicted octanol–water partition coefficient (Wildman–Crippen LogP) is 2.85. The quantitative estimate of drug-likeness (QED) is 0.727. The minimum absolute atomic E-state index is 0.0922.